The van der Waals surface area contributed by atoms with Crippen LogP contribution in [-0.4, -0.2) is 15.3 Å². The van der Waals surface area contributed by atoms with Crippen molar-refractivity contribution in [2.75, 3.05) is 0 Å². The molecule has 0 saturated heterocycles. The van der Waals surface area contributed by atoms with E-state index >= 15 is 0 Å². The van der Waals surface area contributed by atoms with E-state index in [0.29, 0.717) is 10.2 Å². The zero-order valence-corrected chi connectivity index (χ0v) is 14.8. The minimum Gasteiger partial charge on any atom is -0.454 e. The molecule has 22 heavy (non-hydrogen) atoms. The summed E-state index contributed by atoms with van der Waals surface area (Å²) in [5, 5.41) is 9.92. The molecule has 1 N–H and O–H groups in total. The van der Waals surface area contributed by atoms with Gasteiger partial charge < -0.3 is 14.4 Å². The van der Waals surface area contributed by atoms with Crippen LogP contribution in [0, 0.1) is 13.8 Å². The molecular formula is C17H20BrNO3. The maximum atomic E-state index is 12.0. The maximum absolute atomic E-state index is 12.0. The van der Waals surface area contributed by atoms with Gasteiger partial charge in [0.2, 0.25) is 0 Å². The van der Waals surface area contributed by atoms with E-state index in [4.69, 9.17) is 4.74 Å². The van der Waals surface area contributed by atoms with E-state index in [0.717, 1.165) is 16.9 Å². The second kappa shape index (κ2) is 6.26. The van der Waals surface area contributed by atoms with Crippen molar-refractivity contribution in [2.45, 2.75) is 39.8 Å². The van der Waals surface area contributed by atoms with E-state index in [1.807, 2.05) is 32.0 Å². The Labute approximate surface area is 138 Å². The number of pyridine rings is 1. The van der Waals surface area contributed by atoms with Gasteiger partial charge in [-0.05, 0) is 54.8 Å². The number of nitrogens with zero attached hydrogens (tertiary/aromatic N) is 1. The van der Waals surface area contributed by atoms with Gasteiger partial charge in [-0.15, -0.1) is 0 Å². The minimum atomic E-state index is -0.979. The van der Waals surface area contributed by atoms with Gasteiger partial charge in [0.15, 0.2) is 5.75 Å². The molecule has 1 aromatic heterocycles. The zero-order valence-electron chi connectivity index (χ0n) is 13.2. The first kappa shape index (κ1) is 16.8. The molecule has 5 heteroatoms. The van der Waals surface area contributed by atoms with Gasteiger partial charge in [-0.2, -0.15) is 0 Å². The topological polar surface area (TPSA) is 51.5 Å². The van der Waals surface area contributed by atoms with Crippen molar-refractivity contribution >= 4 is 15.9 Å². The highest BCUT2D eigenvalue weighted by Crippen LogP contribution is 2.32. The highest BCUT2D eigenvalue weighted by Gasteiger charge is 2.16. The molecule has 2 rings (SSSR count). The molecule has 0 aliphatic rings. The lowest BCUT2D eigenvalue weighted by Gasteiger charge is -2.20. The molecule has 0 aliphatic heterocycles. The van der Waals surface area contributed by atoms with E-state index in [2.05, 4.69) is 15.9 Å². The molecule has 4 nitrogen and oxygen atoms in total. The molecule has 0 amide bonds. The molecule has 0 aliphatic carbocycles. The van der Waals surface area contributed by atoms with Crippen LogP contribution in [-0.2, 0) is 6.54 Å². The molecule has 0 radical (unpaired) electrons. The molecule has 1 heterocycles. The summed E-state index contributed by atoms with van der Waals surface area (Å²) in [6.45, 7) is 7.47. The summed E-state index contributed by atoms with van der Waals surface area (Å²) in [7, 11) is 0. The fourth-order valence-corrected chi connectivity index (χ4v) is 2.59. The van der Waals surface area contributed by atoms with Gasteiger partial charge in [-0.3, -0.25) is 4.79 Å². The fourth-order valence-electron chi connectivity index (χ4n) is 2.21. The SMILES string of the molecule is Cc1cccc(C)c1Oc1cn(CC(C)(C)O)c(=O)cc1Br. The Bertz CT molecular complexity index is 724. The number of halogens is 1. The van der Waals surface area contributed by atoms with Crippen LogP contribution in [0.1, 0.15) is 25.0 Å². The first-order valence-corrected chi connectivity index (χ1v) is 7.83. The predicted octanol–water partition coefficient (Wildman–Crippen LogP) is 3.79. The Morgan fingerprint density at radius 1 is 1.27 bits per heavy atom. The summed E-state index contributed by atoms with van der Waals surface area (Å²) in [4.78, 5) is 12.0. The number of hydrogen-bond acceptors (Lipinski definition) is 3. The summed E-state index contributed by atoms with van der Waals surface area (Å²) in [6.07, 6.45) is 1.62. The predicted molar refractivity (Wildman–Crippen MR) is 90.7 cm³/mol. The molecular weight excluding hydrogens is 346 g/mol. The first-order chi connectivity index (χ1) is 10.2. The van der Waals surface area contributed by atoms with Gasteiger partial charge >= 0.3 is 0 Å². The molecule has 118 valence electrons. The van der Waals surface area contributed by atoms with Gasteiger partial charge in [0.05, 0.1) is 22.8 Å². The summed E-state index contributed by atoms with van der Waals surface area (Å²) >= 11 is 3.37. The molecule has 0 atom stereocenters. The number of para-hydroxylation sites is 1. The van der Waals surface area contributed by atoms with Gasteiger partial charge in [0.1, 0.15) is 5.75 Å². The summed E-state index contributed by atoms with van der Waals surface area (Å²) in [5.41, 5.74) is 0.871. The molecule has 1 aromatic carbocycles. The quantitative estimate of drug-likeness (QED) is 0.896. The number of aromatic nitrogens is 1. The van der Waals surface area contributed by atoms with E-state index in [-0.39, 0.29) is 12.1 Å². The van der Waals surface area contributed by atoms with Crippen molar-refractivity contribution in [1.29, 1.82) is 0 Å². The monoisotopic (exact) mass is 365 g/mol. The Kier molecular flexibility index (Phi) is 4.78. The van der Waals surface area contributed by atoms with Crippen LogP contribution in [0.4, 0.5) is 0 Å². The number of ether oxygens (including phenoxy) is 1. The van der Waals surface area contributed by atoms with Crippen molar-refractivity contribution in [1.82, 2.24) is 4.57 Å². The third kappa shape index (κ3) is 3.99. The Balaban J connectivity index is 2.43. The Hall–Kier alpha value is -1.59. The van der Waals surface area contributed by atoms with Crippen LogP contribution >= 0.6 is 15.9 Å². The summed E-state index contributed by atoms with van der Waals surface area (Å²) in [6, 6.07) is 7.38. The lowest BCUT2D eigenvalue weighted by Crippen LogP contribution is -2.32. The first-order valence-electron chi connectivity index (χ1n) is 7.04. The highest BCUT2D eigenvalue weighted by molar-refractivity contribution is 9.10. The van der Waals surface area contributed by atoms with Crippen LogP contribution < -0.4 is 10.3 Å². The van der Waals surface area contributed by atoms with Crippen LogP contribution in [0.5, 0.6) is 11.5 Å². The third-order valence-electron chi connectivity index (χ3n) is 3.22. The Morgan fingerprint density at radius 2 is 1.86 bits per heavy atom. The van der Waals surface area contributed by atoms with Crippen molar-refractivity contribution in [3.8, 4) is 11.5 Å². The third-order valence-corrected chi connectivity index (χ3v) is 3.84. The number of rotatable bonds is 4. The summed E-state index contributed by atoms with van der Waals surface area (Å²) < 4.78 is 8.03. The number of aliphatic hydroxyl groups is 1. The number of aryl methyl sites for hydroxylation is 2. The van der Waals surface area contributed by atoms with Crippen LogP contribution in [0.3, 0.4) is 0 Å². The highest BCUT2D eigenvalue weighted by atomic mass is 79.9. The second-order valence-electron chi connectivity index (χ2n) is 6.09. The van der Waals surface area contributed by atoms with Gasteiger partial charge in [-0.1, -0.05) is 18.2 Å². The number of hydrogen-bond donors (Lipinski definition) is 1. The standard InChI is InChI=1S/C17H20BrNO3/c1-11-6-5-7-12(2)16(11)22-14-9-19(10-17(3,4)21)15(20)8-13(14)18/h5-9,21H,10H2,1-4H3. The van der Waals surface area contributed by atoms with Crippen molar-refractivity contribution < 1.29 is 9.84 Å². The second-order valence-corrected chi connectivity index (χ2v) is 6.94. The van der Waals surface area contributed by atoms with Crippen molar-refractivity contribution in [3.05, 3.63) is 56.4 Å². The van der Waals surface area contributed by atoms with Crippen molar-refractivity contribution in [3.63, 3.8) is 0 Å². The van der Waals surface area contributed by atoms with E-state index in [9.17, 15) is 9.90 Å². The van der Waals surface area contributed by atoms with E-state index < -0.39 is 5.60 Å². The minimum absolute atomic E-state index is 0.192. The fraction of sp³-hybridized carbons (Fsp3) is 0.353. The van der Waals surface area contributed by atoms with Gasteiger partial charge in [0, 0.05) is 6.07 Å². The molecule has 0 spiro atoms. The van der Waals surface area contributed by atoms with Gasteiger partial charge in [0.25, 0.3) is 5.56 Å². The molecule has 0 saturated carbocycles. The Morgan fingerprint density at radius 3 is 2.41 bits per heavy atom. The van der Waals surface area contributed by atoms with E-state index in [1.54, 1.807) is 20.0 Å². The van der Waals surface area contributed by atoms with Gasteiger partial charge in [-0.25, -0.2) is 0 Å². The lowest BCUT2D eigenvalue weighted by molar-refractivity contribution is 0.0603. The average molecular weight is 366 g/mol. The largest absolute Gasteiger partial charge is 0.454 e. The average Bonchev–Trinajstić information content (AvgIpc) is 2.37. The smallest absolute Gasteiger partial charge is 0.252 e. The molecule has 2 aromatic rings. The number of benzene rings is 1. The maximum Gasteiger partial charge on any atom is 0.252 e. The van der Waals surface area contributed by atoms with Crippen LogP contribution in [0.2, 0.25) is 0 Å². The van der Waals surface area contributed by atoms with E-state index in [1.165, 1.54) is 10.6 Å². The van der Waals surface area contributed by atoms with Crippen LogP contribution in [0.15, 0.2) is 39.7 Å². The molecule has 0 bridgehead atoms. The normalized spacial score (nSPS) is 11.5. The molecule has 0 unspecified atom stereocenters. The molecule has 0 fully saturated rings. The van der Waals surface area contributed by atoms with Crippen molar-refractivity contribution in [2.24, 2.45) is 0 Å². The van der Waals surface area contributed by atoms with Crippen LogP contribution in [0.25, 0.3) is 0 Å². The lowest BCUT2D eigenvalue weighted by atomic mass is 10.1. The summed E-state index contributed by atoms with van der Waals surface area (Å²) in [5.74, 6) is 1.32. The zero-order chi connectivity index (χ0) is 16.5.